The first-order chi connectivity index (χ1) is 8.90. The molecule has 0 spiro atoms. The number of ether oxygens (including phenoxy) is 2. The fraction of sp³-hybridized carbons (Fsp3) is 0.857. The molecule has 19 heavy (non-hydrogen) atoms. The minimum absolute atomic E-state index is 0.520. The van der Waals surface area contributed by atoms with Gasteiger partial charge >= 0.3 is 0 Å². The van der Waals surface area contributed by atoms with Crippen LogP contribution in [0.25, 0.3) is 0 Å². The molecule has 0 aromatic carbocycles. The minimum atomic E-state index is -0.520. The largest absolute Gasteiger partial charge is 0.379 e. The van der Waals surface area contributed by atoms with Crippen molar-refractivity contribution in [2.75, 3.05) is 69.5 Å². The smallest absolute Gasteiger partial charge is 0.0704 e. The molecule has 1 aliphatic heterocycles. The number of rotatable bonds is 9. The van der Waals surface area contributed by atoms with Crippen LogP contribution in [0.4, 0.5) is 0 Å². The monoisotopic (exact) mass is 309 g/mol. The van der Waals surface area contributed by atoms with Crippen molar-refractivity contribution in [1.29, 1.82) is 0 Å². The molecule has 3 nitrogen and oxygen atoms in total. The van der Waals surface area contributed by atoms with Crippen molar-refractivity contribution >= 4 is 20.4 Å². The SMILES string of the molecule is C=CCOCCOCCCN1S(C)(C)CCS1(C)C. The molecule has 0 atom stereocenters. The summed E-state index contributed by atoms with van der Waals surface area (Å²) in [7, 11) is -1.04. The van der Waals surface area contributed by atoms with Crippen LogP contribution in [0.15, 0.2) is 12.7 Å². The van der Waals surface area contributed by atoms with E-state index in [2.05, 4.69) is 35.3 Å². The normalized spacial score (nSPS) is 25.1. The highest BCUT2D eigenvalue weighted by Crippen LogP contribution is 2.67. The van der Waals surface area contributed by atoms with Crippen LogP contribution in [0.1, 0.15) is 6.42 Å². The zero-order valence-corrected chi connectivity index (χ0v) is 14.7. The Kier molecular flexibility index (Phi) is 7.25. The van der Waals surface area contributed by atoms with Gasteiger partial charge in [0.1, 0.15) is 0 Å². The van der Waals surface area contributed by atoms with Gasteiger partial charge in [0.15, 0.2) is 0 Å². The van der Waals surface area contributed by atoms with Crippen molar-refractivity contribution in [2.24, 2.45) is 0 Å². The third-order valence-electron chi connectivity index (χ3n) is 3.42. The third kappa shape index (κ3) is 5.68. The Morgan fingerprint density at radius 1 is 1.00 bits per heavy atom. The van der Waals surface area contributed by atoms with Gasteiger partial charge in [0.25, 0.3) is 0 Å². The van der Waals surface area contributed by atoms with Crippen molar-refractivity contribution in [3.8, 4) is 0 Å². The van der Waals surface area contributed by atoms with Crippen LogP contribution in [0.5, 0.6) is 0 Å². The lowest BCUT2D eigenvalue weighted by atomic mass is 10.5. The molecule has 116 valence electrons. The van der Waals surface area contributed by atoms with E-state index in [1.54, 1.807) is 6.08 Å². The van der Waals surface area contributed by atoms with E-state index in [1.807, 2.05) is 0 Å². The molecule has 0 aromatic rings. The van der Waals surface area contributed by atoms with E-state index in [0.717, 1.165) is 13.0 Å². The lowest BCUT2D eigenvalue weighted by Gasteiger charge is -2.46. The molecule has 5 heteroatoms. The Morgan fingerprint density at radius 3 is 2.16 bits per heavy atom. The van der Waals surface area contributed by atoms with Crippen molar-refractivity contribution in [1.82, 2.24) is 3.71 Å². The van der Waals surface area contributed by atoms with Crippen LogP contribution < -0.4 is 0 Å². The lowest BCUT2D eigenvalue weighted by molar-refractivity contribution is 0.0572. The lowest BCUT2D eigenvalue weighted by Crippen LogP contribution is -2.25. The van der Waals surface area contributed by atoms with Crippen molar-refractivity contribution < 1.29 is 9.47 Å². The van der Waals surface area contributed by atoms with Gasteiger partial charge in [-0.1, -0.05) is 6.08 Å². The van der Waals surface area contributed by atoms with E-state index in [4.69, 9.17) is 9.47 Å². The van der Waals surface area contributed by atoms with Crippen LogP contribution in [-0.4, -0.2) is 73.2 Å². The fourth-order valence-electron chi connectivity index (χ4n) is 2.33. The molecule has 1 fully saturated rings. The van der Waals surface area contributed by atoms with Gasteiger partial charge in [-0.3, -0.25) is 0 Å². The van der Waals surface area contributed by atoms with Crippen LogP contribution >= 0.6 is 20.4 Å². The summed E-state index contributed by atoms with van der Waals surface area (Å²) in [4.78, 5) is 0. The van der Waals surface area contributed by atoms with Crippen molar-refractivity contribution in [3.05, 3.63) is 12.7 Å². The standard InChI is InChI=1S/C14H31NO2S2/c1-6-9-16-11-12-17-10-7-8-15-18(2,3)13-14-19(15,4)5/h6H,1,7-14H2,2-5H3. The maximum absolute atomic E-state index is 5.61. The Bertz CT molecular complexity index is 267. The van der Waals surface area contributed by atoms with Crippen LogP contribution in [0, 0.1) is 0 Å². The second-order valence-corrected chi connectivity index (χ2v) is 13.6. The first-order valence-electron chi connectivity index (χ1n) is 6.86. The first-order valence-corrected chi connectivity index (χ1v) is 12.0. The molecule has 0 N–H and O–H groups in total. The molecule has 0 amide bonds. The highest BCUT2D eigenvalue weighted by atomic mass is 32.3. The van der Waals surface area contributed by atoms with Crippen molar-refractivity contribution in [3.63, 3.8) is 0 Å². The average molecular weight is 310 g/mol. The van der Waals surface area contributed by atoms with E-state index < -0.39 is 20.4 Å². The van der Waals surface area contributed by atoms with Gasteiger partial charge in [0.05, 0.1) is 19.8 Å². The first kappa shape index (κ1) is 17.4. The van der Waals surface area contributed by atoms with Gasteiger partial charge in [-0.15, -0.1) is 6.58 Å². The van der Waals surface area contributed by atoms with Crippen LogP contribution in [-0.2, 0) is 9.47 Å². The molecular formula is C14H31NO2S2. The summed E-state index contributed by atoms with van der Waals surface area (Å²) in [5, 5.41) is 0. The summed E-state index contributed by atoms with van der Waals surface area (Å²) in [6, 6.07) is 0. The molecule has 0 bridgehead atoms. The third-order valence-corrected chi connectivity index (χ3v) is 11.1. The average Bonchev–Trinajstić information content (AvgIpc) is 2.54. The zero-order valence-electron chi connectivity index (χ0n) is 13.0. The second-order valence-electron chi connectivity index (χ2n) is 5.75. The summed E-state index contributed by atoms with van der Waals surface area (Å²) in [6.07, 6.45) is 12.7. The maximum Gasteiger partial charge on any atom is 0.0704 e. The summed E-state index contributed by atoms with van der Waals surface area (Å²) in [5.74, 6) is 2.82. The van der Waals surface area contributed by atoms with Gasteiger partial charge in [0, 0.05) is 13.2 Å². The van der Waals surface area contributed by atoms with E-state index in [0.29, 0.717) is 19.8 Å². The van der Waals surface area contributed by atoms with Crippen molar-refractivity contribution in [2.45, 2.75) is 6.42 Å². The molecule has 1 aliphatic rings. The van der Waals surface area contributed by atoms with Crippen LogP contribution in [0.2, 0.25) is 0 Å². The summed E-state index contributed by atoms with van der Waals surface area (Å²) >= 11 is 0. The Morgan fingerprint density at radius 2 is 1.58 bits per heavy atom. The van der Waals surface area contributed by atoms with E-state index in [9.17, 15) is 0 Å². The van der Waals surface area contributed by atoms with E-state index >= 15 is 0 Å². The Hall–Kier alpha value is 0.320. The van der Waals surface area contributed by atoms with Gasteiger partial charge in [0.2, 0.25) is 0 Å². The topological polar surface area (TPSA) is 21.7 Å². The highest BCUT2D eigenvalue weighted by molar-refractivity contribution is 8.47. The second kappa shape index (κ2) is 7.93. The molecule has 0 aliphatic carbocycles. The van der Waals surface area contributed by atoms with Gasteiger partial charge in [-0.25, -0.2) is 3.71 Å². The molecule has 0 radical (unpaired) electrons. The zero-order chi connectivity index (χ0) is 14.4. The summed E-state index contributed by atoms with van der Waals surface area (Å²) in [6.45, 7) is 7.63. The predicted molar refractivity (Wildman–Crippen MR) is 91.8 cm³/mol. The number of hydrogen-bond acceptors (Lipinski definition) is 3. The number of hydrogen-bond donors (Lipinski definition) is 0. The molecule has 1 saturated heterocycles. The predicted octanol–water partition coefficient (Wildman–Crippen LogP) is 2.87. The molecule has 0 saturated carbocycles. The summed E-state index contributed by atoms with van der Waals surface area (Å²) < 4.78 is 13.7. The van der Waals surface area contributed by atoms with Gasteiger partial charge in [-0.2, -0.15) is 20.4 Å². The molecular weight excluding hydrogens is 278 g/mol. The molecule has 0 aromatic heterocycles. The molecule has 0 unspecified atom stereocenters. The summed E-state index contributed by atoms with van der Waals surface area (Å²) in [5.41, 5.74) is 0. The molecule has 1 heterocycles. The minimum Gasteiger partial charge on any atom is -0.379 e. The Balaban J connectivity index is 2.13. The van der Waals surface area contributed by atoms with Crippen LogP contribution in [0.3, 0.4) is 0 Å². The maximum atomic E-state index is 5.61. The quantitative estimate of drug-likeness (QED) is 0.483. The highest BCUT2D eigenvalue weighted by Gasteiger charge is 2.37. The van der Waals surface area contributed by atoms with Gasteiger partial charge in [-0.05, 0) is 42.9 Å². The van der Waals surface area contributed by atoms with Gasteiger partial charge < -0.3 is 9.47 Å². The van der Waals surface area contributed by atoms with E-state index in [1.165, 1.54) is 18.1 Å². The number of nitrogens with zero attached hydrogens (tertiary/aromatic N) is 1. The Labute approximate surface area is 122 Å². The fourth-order valence-corrected chi connectivity index (χ4v) is 12.1. The molecule has 1 rings (SSSR count). The van der Waals surface area contributed by atoms with E-state index in [-0.39, 0.29) is 0 Å².